The standard InChI is InChI=1S/C25H12ClNO2S/c26-13-8-10-20-16(12-13)23-21(30-20)11-9-19-24(23)27-25(29-19)15-5-3-7-18-22(15)14-4-1-2-6-17(14)28-18/h1-12H. The molecule has 0 radical (unpaired) electrons. The number of oxazole rings is 1. The van der Waals surface area contributed by atoms with Gasteiger partial charge in [-0.1, -0.05) is 35.9 Å². The highest BCUT2D eigenvalue weighted by Crippen LogP contribution is 2.42. The number of hydrogen-bond donors (Lipinski definition) is 0. The molecule has 0 bridgehead atoms. The number of furan rings is 1. The molecular formula is C25H12ClNO2S. The topological polar surface area (TPSA) is 39.2 Å². The van der Waals surface area contributed by atoms with Crippen LogP contribution in [0.4, 0.5) is 0 Å². The first kappa shape index (κ1) is 16.5. The Morgan fingerprint density at radius 2 is 1.57 bits per heavy atom. The summed E-state index contributed by atoms with van der Waals surface area (Å²) < 4.78 is 14.7. The van der Waals surface area contributed by atoms with Crippen LogP contribution >= 0.6 is 22.9 Å². The maximum Gasteiger partial charge on any atom is 0.228 e. The summed E-state index contributed by atoms with van der Waals surface area (Å²) in [6, 6.07) is 24.1. The van der Waals surface area contributed by atoms with Crippen LogP contribution in [-0.4, -0.2) is 4.98 Å². The lowest BCUT2D eigenvalue weighted by Crippen LogP contribution is -1.79. The largest absolute Gasteiger partial charge is 0.456 e. The number of nitrogens with zero attached hydrogens (tertiary/aromatic N) is 1. The number of para-hydroxylation sites is 1. The predicted molar refractivity (Wildman–Crippen MR) is 125 cm³/mol. The van der Waals surface area contributed by atoms with E-state index in [2.05, 4.69) is 18.2 Å². The average Bonchev–Trinajstić information content (AvgIpc) is 3.45. The average molecular weight is 426 g/mol. The first-order chi connectivity index (χ1) is 14.8. The fourth-order valence-electron chi connectivity index (χ4n) is 4.29. The van der Waals surface area contributed by atoms with Gasteiger partial charge in [0.2, 0.25) is 5.89 Å². The molecule has 0 unspecified atom stereocenters. The molecule has 7 aromatic rings. The van der Waals surface area contributed by atoms with Gasteiger partial charge in [-0.3, -0.25) is 0 Å². The van der Waals surface area contributed by atoms with Crippen LogP contribution in [0.3, 0.4) is 0 Å². The maximum atomic E-state index is 6.29. The van der Waals surface area contributed by atoms with E-state index in [-0.39, 0.29) is 0 Å². The van der Waals surface area contributed by atoms with Gasteiger partial charge >= 0.3 is 0 Å². The van der Waals surface area contributed by atoms with Crippen molar-refractivity contribution in [1.29, 1.82) is 0 Å². The van der Waals surface area contributed by atoms with E-state index in [0.29, 0.717) is 5.89 Å². The minimum absolute atomic E-state index is 0.594. The van der Waals surface area contributed by atoms with Gasteiger partial charge < -0.3 is 8.83 Å². The molecule has 0 aliphatic heterocycles. The molecule has 3 aromatic heterocycles. The monoisotopic (exact) mass is 425 g/mol. The third-order valence-corrected chi connectivity index (χ3v) is 6.96. The molecule has 4 aromatic carbocycles. The lowest BCUT2D eigenvalue weighted by molar-refractivity contribution is 0.620. The first-order valence-corrected chi connectivity index (χ1v) is 10.8. The lowest BCUT2D eigenvalue weighted by atomic mass is 10.1. The van der Waals surface area contributed by atoms with E-state index in [1.54, 1.807) is 11.3 Å². The van der Waals surface area contributed by atoms with E-state index in [1.807, 2.05) is 54.6 Å². The van der Waals surface area contributed by atoms with Crippen molar-refractivity contribution in [3.63, 3.8) is 0 Å². The molecule has 0 aliphatic rings. The normalized spacial score (nSPS) is 12.2. The van der Waals surface area contributed by atoms with E-state index in [9.17, 15) is 0 Å². The highest BCUT2D eigenvalue weighted by atomic mass is 35.5. The number of fused-ring (bicyclic) bond motifs is 8. The molecule has 3 heterocycles. The zero-order chi connectivity index (χ0) is 19.8. The Labute approximate surface area is 179 Å². The molecule has 5 heteroatoms. The van der Waals surface area contributed by atoms with Crippen molar-refractivity contribution in [1.82, 2.24) is 4.98 Å². The summed E-state index contributed by atoms with van der Waals surface area (Å²) in [4.78, 5) is 4.95. The lowest BCUT2D eigenvalue weighted by Gasteiger charge is -1.97. The highest BCUT2D eigenvalue weighted by molar-refractivity contribution is 7.26. The predicted octanol–water partition coefficient (Wildman–Crippen LogP) is 8.42. The molecule has 0 fully saturated rings. The van der Waals surface area contributed by atoms with E-state index >= 15 is 0 Å². The maximum absolute atomic E-state index is 6.29. The second kappa shape index (κ2) is 5.85. The molecule has 0 atom stereocenters. The molecule has 142 valence electrons. The van der Waals surface area contributed by atoms with Crippen LogP contribution in [0.2, 0.25) is 5.02 Å². The molecule has 0 aliphatic carbocycles. The number of halogens is 1. The summed E-state index contributed by atoms with van der Waals surface area (Å²) in [7, 11) is 0. The molecule has 3 nitrogen and oxygen atoms in total. The fourth-order valence-corrected chi connectivity index (χ4v) is 5.55. The molecular weight excluding hydrogens is 414 g/mol. The number of aromatic nitrogens is 1. The minimum atomic E-state index is 0.594. The van der Waals surface area contributed by atoms with Gasteiger partial charge in [-0.25, -0.2) is 4.98 Å². The van der Waals surface area contributed by atoms with Crippen LogP contribution in [-0.2, 0) is 0 Å². The molecule has 0 amide bonds. The summed E-state index contributed by atoms with van der Waals surface area (Å²) in [5, 5.41) is 5.00. The van der Waals surface area contributed by atoms with Gasteiger partial charge in [0, 0.05) is 41.5 Å². The van der Waals surface area contributed by atoms with Crippen molar-refractivity contribution in [3.8, 4) is 11.5 Å². The van der Waals surface area contributed by atoms with Gasteiger partial charge in [0.05, 0.1) is 0 Å². The number of hydrogen-bond acceptors (Lipinski definition) is 4. The summed E-state index contributed by atoms with van der Waals surface area (Å²) in [5.41, 5.74) is 4.24. The second-order valence-corrected chi connectivity index (χ2v) is 8.84. The quantitative estimate of drug-likeness (QED) is 0.265. The Kier molecular flexibility index (Phi) is 3.21. The van der Waals surface area contributed by atoms with Crippen molar-refractivity contribution >= 4 is 76.1 Å². The van der Waals surface area contributed by atoms with Crippen molar-refractivity contribution in [3.05, 3.63) is 77.8 Å². The number of thiophene rings is 1. The minimum Gasteiger partial charge on any atom is -0.456 e. The third kappa shape index (κ3) is 2.18. The van der Waals surface area contributed by atoms with Crippen LogP contribution in [0.1, 0.15) is 0 Å². The molecule has 0 saturated carbocycles. The van der Waals surface area contributed by atoms with Crippen molar-refractivity contribution in [2.75, 3.05) is 0 Å². The van der Waals surface area contributed by atoms with E-state index < -0.39 is 0 Å². The SMILES string of the molecule is Clc1ccc2sc3ccc4oc(-c5cccc6oc7ccccc7c56)nc4c3c2c1. The Balaban J connectivity index is 1.59. The Morgan fingerprint density at radius 1 is 0.700 bits per heavy atom. The van der Waals surface area contributed by atoms with Gasteiger partial charge in [0.1, 0.15) is 16.7 Å². The van der Waals surface area contributed by atoms with Gasteiger partial charge in [0.15, 0.2) is 5.58 Å². The van der Waals surface area contributed by atoms with E-state index in [1.165, 1.54) is 9.40 Å². The van der Waals surface area contributed by atoms with Gasteiger partial charge in [-0.05, 0) is 48.5 Å². The third-order valence-electron chi connectivity index (χ3n) is 5.59. The molecule has 0 saturated heterocycles. The van der Waals surface area contributed by atoms with Crippen LogP contribution < -0.4 is 0 Å². The molecule has 0 N–H and O–H groups in total. The Bertz CT molecular complexity index is 1770. The summed E-state index contributed by atoms with van der Waals surface area (Å²) in [5.74, 6) is 0.594. The Morgan fingerprint density at radius 3 is 2.53 bits per heavy atom. The fraction of sp³-hybridized carbons (Fsp3) is 0. The zero-order valence-electron chi connectivity index (χ0n) is 15.5. The Hall–Kier alpha value is -3.34. The van der Waals surface area contributed by atoms with Crippen LogP contribution in [0.5, 0.6) is 0 Å². The zero-order valence-corrected chi connectivity index (χ0v) is 17.1. The number of benzene rings is 4. The number of rotatable bonds is 1. The summed E-state index contributed by atoms with van der Waals surface area (Å²) in [6.45, 7) is 0. The van der Waals surface area contributed by atoms with Crippen molar-refractivity contribution in [2.24, 2.45) is 0 Å². The first-order valence-electron chi connectivity index (χ1n) is 9.58. The van der Waals surface area contributed by atoms with Gasteiger partial charge in [-0.15, -0.1) is 11.3 Å². The van der Waals surface area contributed by atoms with Gasteiger partial charge in [-0.2, -0.15) is 0 Å². The van der Waals surface area contributed by atoms with E-state index in [0.717, 1.165) is 54.4 Å². The molecule has 30 heavy (non-hydrogen) atoms. The summed E-state index contributed by atoms with van der Waals surface area (Å²) in [6.07, 6.45) is 0. The molecule has 0 spiro atoms. The van der Waals surface area contributed by atoms with Crippen molar-refractivity contribution in [2.45, 2.75) is 0 Å². The highest BCUT2D eigenvalue weighted by Gasteiger charge is 2.19. The van der Waals surface area contributed by atoms with E-state index in [4.69, 9.17) is 25.4 Å². The smallest absolute Gasteiger partial charge is 0.228 e. The second-order valence-electron chi connectivity index (χ2n) is 7.32. The van der Waals surface area contributed by atoms with Crippen LogP contribution in [0.25, 0.3) is 64.7 Å². The van der Waals surface area contributed by atoms with Gasteiger partial charge in [0.25, 0.3) is 0 Å². The summed E-state index contributed by atoms with van der Waals surface area (Å²) >= 11 is 8.03. The molecule has 7 rings (SSSR count). The van der Waals surface area contributed by atoms with Crippen LogP contribution in [0, 0.1) is 0 Å². The van der Waals surface area contributed by atoms with Crippen molar-refractivity contribution < 1.29 is 8.83 Å². The van der Waals surface area contributed by atoms with Crippen LogP contribution in [0.15, 0.2) is 81.6 Å².